The van der Waals surface area contributed by atoms with Gasteiger partial charge in [0.1, 0.15) is 0 Å². The molecule has 0 aromatic rings. The van der Waals surface area contributed by atoms with E-state index in [1.54, 1.807) is 13.1 Å². The highest BCUT2D eigenvalue weighted by Gasteiger charge is 2.50. The first-order valence-electron chi connectivity index (χ1n) is 3.65. The zero-order valence-corrected chi connectivity index (χ0v) is 8.18. The van der Waals surface area contributed by atoms with Crippen LogP contribution in [-0.2, 0) is 18.4 Å². The molecular formula is C6H10O6Si. The molecule has 1 aliphatic heterocycles. The van der Waals surface area contributed by atoms with Gasteiger partial charge in [-0.3, -0.25) is 0 Å². The van der Waals surface area contributed by atoms with E-state index in [4.69, 9.17) is 19.1 Å². The van der Waals surface area contributed by atoms with E-state index in [-0.39, 0.29) is 0 Å². The fourth-order valence-corrected chi connectivity index (χ4v) is 2.85. The van der Waals surface area contributed by atoms with Crippen molar-refractivity contribution in [2.45, 2.75) is 25.3 Å². The highest BCUT2D eigenvalue weighted by molar-refractivity contribution is 6.65. The van der Waals surface area contributed by atoms with E-state index in [1.165, 1.54) is 0 Å². The lowest BCUT2D eigenvalue weighted by Gasteiger charge is -2.11. The quantitative estimate of drug-likeness (QED) is 0.599. The molecule has 7 heteroatoms. The highest BCUT2D eigenvalue weighted by Crippen LogP contribution is 2.25. The molecule has 0 bridgehead atoms. The number of hydrogen-bond donors (Lipinski definition) is 2. The molecule has 74 valence electrons. The summed E-state index contributed by atoms with van der Waals surface area (Å²) >= 11 is 0. The van der Waals surface area contributed by atoms with Gasteiger partial charge in [-0.25, -0.2) is 9.59 Å². The van der Waals surface area contributed by atoms with Crippen LogP contribution in [0.3, 0.4) is 0 Å². The highest BCUT2D eigenvalue weighted by atomic mass is 28.4. The van der Waals surface area contributed by atoms with Gasteiger partial charge in [0.05, 0.1) is 0 Å². The van der Waals surface area contributed by atoms with E-state index < -0.39 is 32.7 Å². The second kappa shape index (κ2) is 3.09. The van der Waals surface area contributed by atoms with E-state index in [1.807, 2.05) is 0 Å². The summed E-state index contributed by atoms with van der Waals surface area (Å²) in [5.41, 5.74) is 0. The second-order valence-corrected chi connectivity index (χ2v) is 6.42. The molecule has 0 aromatic heterocycles. The van der Waals surface area contributed by atoms with Crippen molar-refractivity contribution < 1.29 is 28.7 Å². The molecule has 0 spiro atoms. The zero-order valence-electron chi connectivity index (χ0n) is 7.18. The Morgan fingerprint density at radius 1 is 1.08 bits per heavy atom. The maximum absolute atomic E-state index is 10.6. The molecule has 1 rings (SSSR count). The number of hydrogen-bond acceptors (Lipinski definition) is 4. The molecule has 0 aromatic carbocycles. The van der Waals surface area contributed by atoms with E-state index >= 15 is 0 Å². The molecule has 6 nitrogen and oxygen atoms in total. The minimum Gasteiger partial charge on any atom is -0.479 e. The van der Waals surface area contributed by atoms with Crippen molar-refractivity contribution in [1.29, 1.82) is 0 Å². The van der Waals surface area contributed by atoms with Crippen LogP contribution in [0.25, 0.3) is 0 Å². The standard InChI is InChI=1S/C6H10O6Si/c1-13(2)11-3(5(7)8)4(12-13)6(9)10/h3-4H,1-2H3,(H,7,8)(H,9,10). The molecule has 2 N–H and O–H groups in total. The smallest absolute Gasteiger partial charge is 0.335 e. The number of aliphatic carboxylic acids is 2. The predicted molar refractivity (Wildman–Crippen MR) is 42.5 cm³/mol. The maximum Gasteiger partial charge on any atom is 0.335 e. The summed E-state index contributed by atoms with van der Waals surface area (Å²) in [6.07, 6.45) is -2.75. The van der Waals surface area contributed by atoms with E-state index in [0.717, 1.165) is 0 Å². The molecular weight excluding hydrogens is 196 g/mol. The van der Waals surface area contributed by atoms with Crippen LogP contribution in [0.4, 0.5) is 0 Å². The summed E-state index contributed by atoms with van der Waals surface area (Å²) in [5, 5.41) is 17.2. The topological polar surface area (TPSA) is 93.1 Å². The van der Waals surface area contributed by atoms with E-state index in [0.29, 0.717) is 0 Å². The van der Waals surface area contributed by atoms with Crippen LogP contribution in [0.2, 0.25) is 13.1 Å². The summed E-state index contributed by atoms with van der Waals surface area (Å²) in [4.78, 5) is 21.1. The molecule has 0 radical (unpaired) electrons. The lowest BCUT2D eigenvalue weighted by atomic mass is 10.2. The van der Waals surface area contributed by atoms with E-state index in [2.05, 4.69) is 0 Å². The van der Waals surface area contributed by atoms with Crippen molar-refractivity contribution in [3.05, 3.63) is 0 Å². The Labute approximate surface area is 75.3 Å². The van der Waals surface area contributed by atoms with Gasteiger partial charge in [-0.05, 0) is 13.1 Å². The molecule has 2 unspecified atom stereocenters. The lowest BCUT2D eigenvalue weighted by molar-refractivity contribution is -0.156. The van der Waals surface area contributed by atoms with Crippen LogP contribution in [0.15, 0.2) is 0 Å². The molecule has 0 amide bonds. The minimum atomic E-state index is -2.55. The molecule has 1 heterocycles. The fourth-order valence-electron chi connectivity index (χ4n) is 1.12. The summed E-state index contributed by atoms with van der Waals surface area (Å²) in [5.74, 6) is -2.60. The van der Waals surface area contributed by atoms with Crippen molar-refractivity contribution in [3.8, 4) is 0 Å². The maximum atomic E-state index is 10.6. The van der Waals surface area contributed by atoms with Gasteiger partial charge in [-0.2, -0.15) is 0 Å². The van der Waals surface area contributed by atoms with Crippen molar-refractivity contribution in [2.24, 2.45) is 0 Å². The zero-order chi connectivity index (χ0) is 10.2. The third-order valence-corrected chi connectivity index (χ3v) is 3.23. The van der Waals surface area contributed by atoms with Gasteiger partial charge in [0.25, 0.3) is 0 Å². The summed E-state index contributed by atoms with van der Waals surface area (Å²) in [7, 11) is -2.55. The first-order valence-corrected chi connectivity index (χ1v) is 6.46. The van der Waals surface area contributed by atoms with Crippen LogP contribution in [0, 0.1) is 0 Å². The largest absolute Gasteiger partial charge is 0.479 e. The van der Waals surface area contributed by atoms with Crippen molar-refractivity contribution >= 4 is 20.5 Å². The van der Waals surface area contributed by atoms with Gasteiger partial charge < -0.3 is 19.1 Å². The van der Waals surface area contributed by atoms with Gasteiger partial charge in [0.15, 0.2) is 12.2 Å². The fraction of sp³-hybridized carbons (Fsp3) is 0.667. The summed E-state index contributed by atoms with van der Waals surface area (Å²) in [6.45, 7) is 3.21. The molecule has 13 heavy (non-hydrogen) atoms. The minimum absolute atomic E-state index is 1.30. The predicted octanol–water partition coefficient (Wildman–Crippen LogP) is -0.359. The Morgan fingerprint density at radius 3 is 1.62 bits per heavy atom. The van der Waals surface area contributed by atoms with Crippen LogP contribution < -0.4 is 0 Å². The van der Waals surface area contributed by atoms with Crippen molar-refractivity contribution in [3.63, 3.8) is 0 Å². The summed E-state index contributed by atoms with van der Waals surface area (Å²) in [6, 6.07) is 0. The molecule has 1 saturated heterocycles. The van der Waals surface area contributed by atoms with E-state index in [9.17, 15) is 9.59 Å². The number of carboxylic acids is 2. The van der Waals surface area contributed by atoms with Crippen molar-refractivity contribution in [2.75, 3.05) is 0 Å². The Bertz CT molecular complexity index is 226. The number of carboxylic acid groups (broad SMARTS) is 2. The lowest BCUT2D eigenvalue weighted by Crippen LogP contribution is -2.36. The van der Waals surface area contributed by atoms with Gasteiger partial charge in [-0.1, -0.05) is 0 Å². The van der Waals surface area contributed by atoms with Crippen LogP contribution >= 0.6 is 0 Å². The van der Waals surface area contributed by atoms with Crippen LogP contribution in [0.1, 0.15) is 0 Å². The average molecular weight is 206 g/mol. The normalized spacial score (nSPS) is 31.5. The van der Waals surface area contributed by atoms with Crippen molar-refractivity contribution in [1.82, 2.24) is 0 Å². The third kappa shape index (κ3) is 2.05. The molecule has 0 aliphatic carbocycles. The molecule has 1 fully saturated rings. The summed E-state index contributed by atoms with van der Waals surface area (Å²) < 4.78 is 10.0. The van der Waals surface area contributed by atoms with Gasteiger partial charge in [0.2, 0.25) is 0 Å². The first-order chi connectivity index (χ1) is 5.83. The number of rotatable bonds is 2. The molecule has 2 atom stereocenters. The Morgan fingerprint density at radius 2 is 1.38 bits per heavy atom. The Balaban J connectivity index is 2.83. The first kappa shape index (κ1) is 10.2. The third-order valence-electron chi connectivity index (χ3n) is 1.58. The average Bonchev–Trinajstić information content (AvgIpc) is 2.26. The monoisotopic (exact) mass is 206 g/mol. The van der Waals surface area contributed by atoms with Gasteiger partial charge >= 0.3 is 20.5 Å². The Kier molecular flexibility index (Phi) is 2.42. The van der Waals surface area contributed by atoms with Crippen LogP contribution in [0.5, 0.6) is 0 Å². The SMILES string of the molecule is C[Si]1(C)OC(C(=O)O)C(C(=O)O)O1. The number of carbonyl (C=O) groups is 2. The molecule has 0 saturated carbocycles. The van der Waals surface area contributed by atoms with Crippen LogP contribution in [-0.4, -0.2) is 42.9 Å². The van der Waals surface area contributed by atoms with Gasteiger partial charge in [0, 0.05) is 0 Å². The Hall–Kier alpha value is -0.923. The van der Waals surface area contributed by atoms with Gasteiger partial charge in [-0.15, -0.1) is 0 Å². The second-order valence-electron chi connectivity index (χ2n) is 3.15. The molecule has 1 aliphatic rings.